The number of rotatable bonds is 5. The summed E-state index contributed by atoms with van der Waals surface area (Å²) in [5, 5.41) is 2.71. The highest BCUT2D eigenvalue weighted by molar-refractivity contribution is 5.95. The zero-order valence-electron chi connectivity index (χ0n) is 14.8. The molecule has 8 nitrogen and oxygen atoms in total. The van der Waals surface area contributed by atoms with Gasteiger partial charge in [-0.15, -0.1) is 0 Å². The van der Waals surface area contributed by atoms with Gasteiger partial charge in [-0.3, -0.25) is 14.6 Å². The Kier molecular flexibility index (Phi) is 5.40. The summed E-state index contributed by atoms with van der Waals surface area (Å²) in [5.74, 6) is 0.498. The van der Waals surface area contributed by atoms with Gasteiger partial charge in [-0.2, -0.15) is 0 Å². The summed E-state index contributed by atoms with van der Waals surface area (Å²) >= 11 is 0. The van der Waals surface area contributed by atoms with Crippen LogP contribution in [0.5, 0.6) is 5.75 Å². The van der Waals surface area contributed by atoms with Crippen molar-refractivity contribution in [1.82, 2.24) is 25.2 Å². The largest absolute Gasteiger partial charge is 0.488 e. The van der Waals surface area contributed by atoms with Crippen LogP contribution in [-0.2, 0) is 11.3 Å². The number of nitrogens with one attached hydrogen (secondary N) is 1. The second kappa shape index (κ2) is 7.90. The second-order valence-electron chi connectivity index (χ2n) is 6.19. The molecular formula is C18H21N5O3. The van der Waals surface area contributed by atoms with Crippen molar-refractivity contribution in [2.45, 2.75) is 32.9 Å². The van der Waals surface area contributed by atoms with E-state index in [1.807, 2.05) is 0 Å². The molecule has 2 aromatic heterocycles. The molecule has 0 saturated carbocycles. The van der Waals surface area contributed by atoms with E-state index in [2.05, 4.69) is 20.3 Å². The molecule has 0 radical (unpaired) electrons. The lowest BCUT2D eigenvalue weighted by Crippen LogP contribution is -2.31. The van der Waals surface area contributed by atoms with Crippen LogP contribution in [-0.4, -0.2) is 50.9 Å². The van der Waals surface area contributed by atoms with Crippen LogP contribution in [0.1, 0.15) is 35.1 Å². The Bertz CT molecular complexity index is 811. The van der Waals surface area contributed by atoms with Gasteiger partial charge >= 0.3 is 0 Å². The predicted molar refractivity (Wildman–Crippen MR) is 93.5 cm³/mol. The van der Waals surface area contributed by atoms with Crippen LogP contribution < -0.4 is 10.1 Å². The van der Waals surface area contributed by atoms with Gasteiger partial charge in [0.2, 0.25) is 5.91 Å². The minimum absolute atomic E-state index is 0.0738. The molecule has 1 aliphatic heterocycles. The highest BCUT2D eigenvalue weighted by Crippen LogP contribution is 2.20. The molecule has 1 saturated heterocycles. The van der Waals surface area contributed by atoms with Crippen LogP contribution in [0.3, 0.4) is 0 Å². The average Bonchev–Trinajstić information content (AvgIpc) is 3.08. The number of hydrogen-bond acceptors (Lipinski definition) is 6. The number of amides is 2. The van der Waals surface area contributed by atoms with Gasteiger partial charge in [0, 0.05) is 38.3 Å². The Morgan fingerprint density at radius 2 is 2.23 bits per heavy atom. The predicted octanol–water partition coefficient (Wildman–Crippen LogP) is 1.11. The smallest absolute Gasteiger partial charge is 0.257 e. The molecule has 0 spiro atoms. The molecule has 26 heavy (non-hydrogen) atoms. The van der Waals surface area contributed by atoms with E-state index >= 15 is 0 Å². The van der Waals surface area contributed by atoms with Gasteiger partial charge in [-0.25, -0.2) is 9.97 Å². The maximum absolute atomic E-state index is 12.6. The van der Waals surface area contributed by atoms with Crippen molar-refractivity contribution in [3.8, 4) is 5.75 Å². The van der Waals surface area contributed by atoms with E-state index in [1.54, 1.807) is 36.4 Å². The number of hydrogen-bond donors (Lipinski definition) is 1. The van der Waals surface area contributed by atoms with Crippen LogP contribution in [0.15, 0.2) is 30.9 Å². The SMILES string of the molecule is CC(=O)NCc1cc(OC2CCN(C(=O)c3cncnc3C)C2)ccn1. The topological polar surface area (TPSA) is 97.3 Å². The Labute approximate surface area is 151 Å². The number of pyridine rings is 1. The molecule has 0 bridgehead atoms. The minimum atomic E-state index is -0.108. The van der Waals surface area contributed by atoms with Crippen LogP contribution in [0.25, 0.3) is 0 Å². The Morgan fingerprint density at radius 3 is 3.00 bits per heavy atom. The van der Waals surface area contributed by atoms with Crippen LogP contribution in [0.4, 0.5) is 0 Å². The second-order valence-corrected chi connectivity index (χ2v) is 6.19. The number of likely N-dealkylation sites (tertiary alicyclic amines) is 1. The van der Waals surface area contributed by atoms with E-state index < -0.39 is 0 Å². The molecule has 8 heteroatoms. The maximum Gasteiger partial charge on any atom is 0.257 e. The number of carbonyl (C=O) groups is 2. The number of aromatic nitrogens is 3. The monoisotopic (exact) mass is 355 g/mol. The lowest BCUT2D eigenvalue weighted by molar-refractivity contribution is -0.119. The van der Waals surface area contributed by atoms with Gasteiger partial charge in [0.15, 0.2) is 0 Å². The summed E-state index contributed by atoms with van der Waals surface area (Å²) in [6.07, 6.45) is 5.30. The first-order valence-corrected chi connectivity index (χ1v) is 8.45. The van der Waals surface area contributed by atoms with E-state index in [0.29, 0.717) is 36.6 Å². The highest BCUT2D eigenvalue weighted by atomic mass is 16.5. The van der Waals surface area contributed by atoms with Gasteiger partial charge in [-0.1, -0.05) is 0 Å². The fourth-order valence-corrected chi connectivity index (χ4v) is 2.81. The molecule has 1 N–H and O–H groups in total. The van der Waals surface area contributed by atoms with Gasteiger partial charge in [0.25, 0.3) is 5.91 Å². The summed E-state index contributed by atoms with van der Waals surface area (Å²) < 4.78 is 5.99. The Morgan fingerprint density at radius 1 is 1.38 bits per heavy atom. The zero-order chi connectivity index (χ0) is 18.5. The molecule has 1 fully saturated rings. The van der Waals surface area contributed by atoms with Crippen LogP contribution in [0.2, 0.25) is 0 Å². The van der Waals surface area contributed by atoms with E-state index in [1.165, 1.54) is 13.3 Å². The molecule has 0 aliphatic carbocycles. The molecule has 136 valence electrons. The third kappa shape index (κ3) is 4.33. The van der Waals surface area contributed by atoms with Crippen LogP contribution >= 0.6 is 0 Å². The first-order valence-electron chi connectivity index (χ1n) is 8.45. The first-order chi connectivity index (χ1) is 12.5. The van der Waals surface area contributed by atoms with Gasteiger partial charge in [0.1, 0.15) is 18.2 Å². The summed E-state index contributed by atoms with van der Waals surface area (Å²) in [5.41, 5.74) is 1.92. The lowest BCUT2D eigenvalue weighted by Gasteiger charge is -2.18. The molecule has 2 aromatic rings. The third-order valence-electron chi connectivity index (χ3n) is 4.18. The summed E-state index contributed by atoms with van der Waals surface area (Å²) in [7, 11) is 0. The summed E-state index contributed by atoms with van der Waals surface area (Å²) in [4.78, 5) is 37.6. The van der Waals surface area contributed by atoms with E-state index in [4.69, 9.17) is 4.74 Å². The number of ether oxygens (including phenoxy) is 1. The molecular weight excluding hydrogens is 334 g/mol. The fourth-order valence-electron chi connectivity index (χ4n) is 2.81. The van der Waals surface area contributed by atoms with Crippen molar-refractivity contribution in [2.75, 3.05) is 13.1 Å². The molecule has 0 aromatic carbocycles. The van der Waals surface area contributed by atoms with Crippen LogP contribution in [0, 0.1) is 6.92 Å². The van der Waals surface area contributed by atoms with Crippen molar-refractivity contribution < 1.29 is 14.3 Å². The number of aryl methyl sites for hydroxylation is 1. The molecule has 2 amide bonds. The van der Waals surface area contributed by atoms with Crippen molar-refractivity contribution >= 4 is 11.8 Å². The van der Waals surface area contributed by atoms with Gasteiger partial charge in [-0.05, 0) is 13.0 Å². The quantitative estimate of drug-likeness (QED) is 0.863. The maximum atomic E-state index is 12.6. The normalized spacial score (nSPS) is 16.4. The standard InChI is InChI=1S/C18H21N5O3/c1-12-17(9-19-11-22-12)18(25)23-6-4-16(10-23)26-15-3-5-20-14(7-15)8-21-13(2)24/h3,5,7,9,11,16H,4,6,8,10H2,1-2H3,(H,21,24). The molecule has 3 rings (SSSR count). The van der Waals surface area contributed by atoms with E-state index in [0.717, 1.165) is 12.1 Å². The third-order valence-corrected chi connectivity index (χ3v) is 4.18. The van der Waals surface area contributed by atoms with Gasteiger partial charge in [0.05, 0.1) is 30.0 Å². The van der Waals surface area contributed by atoms with Crippen molar-refractivity contribution in [2.24, 2.45) is 0 Å². The number of nitrogens with zero attached hydrogens (tertiary/aromatic N) is 4. The minimum Gasteiger partial charge on any atom is -0.488 e. The van der Waals surface area contributed by atoms with Crippen molar-refractivity contribution in [1.29, 1.82) is 0 Å². The first kappa shape index (κ1) is 17.8. The Balaban J connectivity index is 1.59. The molecule has 1 unspecified atom stereocenters. The van der Waals surface area contributed by atoms with Gasteiger partial charge < -0.3 is 15.0 Å². The number of carbonyl (C=O) groups excluding carboxylic acids is 2. The zero-order valence-corrected chi connectivity index (χ0v) is 14.8. The van der Waals surface area contributed by atoms with E-state index in [9.17, 15) is 9.59 Å². The lowest BCUT2D eigenvalue weighted by atomic mass is 10.2. The average molecular weight is 355 g/mol. The summed E-state index contributed by atoms with van der Waals surface area (Å²) in [6, 6.07) is 3.58. The summed E-state index contributed by atoms with van der Waals surface area (Å²) in [6.45, 7) is 4.75. The fraction of sp³-hybridized carbons (Fsp3) is 0.389. The van der Waals surface area contributed by atoms with Crippen molar-refractivity contribution in [3.05, 3.63) is 47.8 Å². The molecule has 1 atom stereocenters. The highest BCUT2D eigenvalue weighted by Gasteiger charge is 2.29. The van der Waals surface area contributed by atoms with Crippen molar-refractivity contribution in [3.63, 3.8) is 0 Å². The Hall–Kier alpha value is -3.03. The molecule has 1 aliphatic rings. The molecule has 3 heterocycles. The van der Waals surface area contributed by atoms with E-state index in [-0.39, 0.29) is 17.9 Å².